The van der Waals surface area contributed by atoms with Crippen LogP contribution in [0.4, 0.5) is 10.1 Å². The van der Waals surface area contributed by atoms with Crippen LogP contribution < -0.4 is 5.32 Å². The molecule has 1 aromatic rings. The van der Waals surface area contributed by atoms with Crippen LogP contribution in [0.15, 0.2) is 18.2 Å². The van der Waals surface area contributed by atoms with E-state index in [0.717, 1.165) is 31.4 Å². The first-order valence-corrected chi connectivity index (χ1v) is 7.87. The number of amides is 2. The molecule has 0 bridgehead atoms. The minimum absolute atomic E-state index is 0.0616. The van der Waals surface area contributed by atoms with E-state index in [4.69, 9.17) is 0 Å². The highest BCUT2D eigenvalue weighted by Crippen LogP contribution is 2.22. The Hall–Kier alpha value is -2.44. The molecule has 24 heavy (non-hydrogen) atoms. The molecule has 1 N–H and O–H groups in total. The first-order valence-electron chi connectivity index (χ1n) is 7.87. The molecule has 1 aliphatic heterocycles. The Kier molecular flexibility index (Phi) is 5.89. The molecule has 6 nitrogen and oxygen atoms in total. The number of carbonyl (C=O) groups is 3. The zero-order chi connectivity index (χ0) is 17.7. The highest BCUT2D eigenvalue weighted by molar-refractivity contribution is 6.01. The average Bonchev–Trinajstić information content (AvgIpc) is 2.54. The van der Waals surface area contributed by atoms with Crippen molar-refractivity contribution in [3.63, 3.8) is 0 Å². The number of methoxy groups -OCH3 is 1. The van der Waals surface area contributed by atoms with E-state index in [2.05, 4.69) is 10.1 Å². The van der Waals surface area contributed by atoms with Crippen molar-refractivity contribution in [3.8, 4) is 0 Å². The van der Waals surface area contributed by atoms with Gasteiger partial charge in [-0.1, -0.05) is 0 Å². The number of carbonyl (C=O) groups excluding carboxylic acids is 3. The van der Waals surface area contributed by atoms with Crippen molar-refractivity contribution in [2.45, 2.75) is 38.6 Å². The number of halogens is 1. The van der Waals surface area contributed by atoms with Gasteiger partial charge in [-0.3, -0.25) is 9.59 Å². The van der Waals surface area contributed by atoms with Crippen LogP contribution in [0.2, 0.25) is 0 Å². The number of hydrogen-bond acceptors (Lipinski definition) is 4. The predicted octanol–water partition coefficient (Wildman–Crippen LogP) is 2.34. The Morgan fingerprint density at radius 3 is 2.75 bits per heavy atom. The maximum atomic E-state index is 13.4. The van der Waals surface area contributed by atoms with Gasteiger partial charge in [0.1, 0.15) is 5.82 Å². The SMILES string of the molecule is COC(=O)c1ccc(F)cc1NC(=O)C[C@@H]1CCCCN1C(C)=O. The number of likely N-dealkylation sites (tertiary alicyclic amines) is 1. The summed E-state index contributed by atoms with van der Waals surface area (Å²) >= 11 is 0. The quantitative estimate of drug-likeness (QED) is 0.856. The van der Waals surface area contributed by atoms with Crippen LogP contribution in [-0.4, -0.2) is 42.4 Å². The van der Waals surface area contributed by atoms with Crippen LogP contribution in [0.1, 0.15) is 43.0 Å². The van der Waals surface area contributed by atoms with Crippen LogP contribution in [0.5, 0.6) is 0 Å². The summed E-state index contributed by atoms with van der Waals surface area (Å²) in [4.78, 5) is 37.4. The zero-order valence-electron chi connectivity index (χ0n) is 13.8. The summed E-state index contributed by atoms with van der Waals surface area (Å²) in [5.74, 6) is -1.66. The van der Waals surface area contributed by atoms with Crippen molar-refractivity contribution in [3.05, 3.63) is 29.6 Å². The van der Waals surface area contributed by atoms with Crippen molar-refractivity contribution in [1.29, 1.82) is 0 Å². The molecule has 0 aromatic heterocycles. The molecule has 1 atom stereocenters. The maximum absolute atomic E-state index is 13.4. The van der Waals surface area contributed by atoms with Crippen LogP contribution in [-0.2, 0) is 14.3 Å². The van der Waals surface area contributed by atoms with Gasteiger partial charge in [0.2, 0.25) is 11.8 Å². The second kappa shape index (κ2) is 7.90. The molecule has 0 radical (unpaired) electrons. The number of anilines is 1. The van der Waals surface area contributed by atoms with Gasteiger partial charge in [-0.2, -0.15) is 0 Å². The topological polar surface area (TPSA) is 75.7 Å². The Morgan fingerprint density at radius 2 is 2.08 bits per heavy atom. The van der Waals surface area contributed by atoms with Crippen LogP contribution in [0, 0.1) is 5.82 Å². The summed E-state index contributed by atoms with van der Waals surface area (Å²) < 4.78 is 18.1. The minimum Gasteiger partial charge on any atom is -0.465 e. The second-order valence-corrected chi connectivity index (χ2v) is 5.80. The largest absolute Gasteiger partial charge is 0.465 e. The highest BCUT2D eigenvalue weighted by atomic mass is 19.1. The fraction of sp³-hybridized carbons (Fsp3) is 0.471. The molecule has 2 amide bonds. The summed E-state index contributed by atoms with van der Waals surface area (Å²) in [7, 11) is 1.21. The number of benzene rings is 1. The zero-order valence-corrected chi connectivity index (χ0v) is 13.8. The van der Waals surface area contributed by atoms with Crippen molar-refractivity contribution in [2.24, 2.45) is 0 Å². The Bertz CT molecular complexity index is 647. The predicted molar refractivity (Wildman–Crippen MR) is 86.0 cm³/mol. The van der Waals surface area contributed by atoms with Gasteiger partial charge in [-0.05, 0) is 37.5 Å². The van der Waals surface area contributed by atoms with E-state index < -0.39 is 11.8 Å². The number of rotatable bonds is 4. The second-order valence-electron chi connectivity index (χ2n) is 5.80. The molecule has 0 spiro atoms. The van der Waals surface area contributed by atoms with Crippen LogP contribution >= 0.6 is 0 Å². The van der Waals surface area contributed by atoms with Gasteiger partial charge in [0.15, 0.2) is 0 Å². The van der Waals surface area contributed by atoms with E-state index >= 15 is 0 Å². The maximum Gasteiger partial charge on any atom is 0.339 e. The molecule has 2 rings (SSSR count). The van der Waals surface area contributed by atoms with Gasteiger partial charge < -0.3 is 15.0 Å². The van der Waals surface area contributed by atoms with Gasteiger partial charge in [-0.25, -0.2) is 9.18 Å². The van der Waals surface area contributed by atoms with Crippen LogP contribution in [0.3, 0.4) is 0 Å². The van der Waals surface area contributed by atoms with Gasteiger partial charge in [0.05, 0.1) is 18.4 Å². The lowest BCUT2D eigenvalue weighted by molar-refractivity contribution is -0.133. The molecule has 0 saturated carbocycles. The number of ether oxygens (including phenoxy) is 1. The molecule has 0 aliphatic carbocycles. The number of nitrogens with one attached hydrogen (secondary N) is 1. The van der Waals surface area contributed by atoms with Crippen molar-refractivity contribution in [2.75, 3.05) is 19.0 Å². The van der Waals surface area contributed by atoms with Crippen molar-refractivity contribution < 1.29 is 23.5 Å². The third-order valence-electron chi connectivity index (χ3n) is 4.11. The first kappa shape index (κ1) is 17.9. The van der Waals surface area contributed by atoms with Crippen molar-refractivity contribution >= 4 is 23.5 Å². The van der Waals surface area contributed by atoms with Gasteiger partial charge in [-0.15, -0.1) is 0 Å². The number of hydrogen-bond donors (Lipinski definition) is 1. The molecule has 1 heterocycles. The molecule has 1 aromatic carbocycles. The third-order valence-corrected chi connectivity index (χ3v) is 4.11. The van der Waals surface area contributed by atoms with Crippen molar-refractivity contribution in [1.82, 2.24) is 4.90 Å². The molecule has 1 aliphatic rings. The minimum atomic E-state index is -0.659. The van der Waals surface area contributed by atoms with E-state index in [1.165, 1.54) is 20.1 Å². The Labute approximate surface area is 140 Å². The van der Waals surface area contributed by atoms with E-state index in [1.807, 2.05) is 0 Å². The monoisotopic (exact) mass is 336 g/mol. The normalized spacial score (nSPS) is 17.3. The summed E-state index contributed by atoms with van der Waals surface area (Å²) in [5.41, 5.74) is 0.149. The summed E-state index contributed by atoms with van der Waals surface area (Å²) in [6, 6.07) is 3.29. The molecular formula is C17H21FN2O4. The van der Waals surface area contributed by atoms with E-state index in [0.29, 0.717) is 6.54 Å². The Balaban J connectivity index is 2.10. The summed E-state index contributed by atoms with van der Waals surface area (Å²) in [5, 5.41) is 2.56. The summed E-state index contributed by atoms with van der Waals surface area (Å²) in [6.07, 6.45) is 2.74. The average molecular weight is 336 g/mol. The van der Waals surface area contributed by atoms with Gasteiger partial charge >= 0.3 is 5.97 Å². The first-order chi connectivity index (χ1) is 11.4. The lowest BCUT2D eigenvalue weighted by atomic mass is 9.99. The molecular weight excluding hydrogens is 315 g/mol. The molecule has 7 heteroatoms. The van der Waals surface area contributed by atoms with E-state index in [1.54, 1.807) is 4.90 Å². The fourth-order valence-corrected chi connectivity index (χ4v) is 2.95. The highest BCUT2D eigenvalue weighted by Gasteiger charge is 2.27. The smallest absolute Gasteiger partial charge is 0.339 e. The third kappa shape index (κ3) is 4.31. The fourth-order valence-electron chi connectivity index (χ4n) is 2.95. The van der Waals surface area contributed by atoms with Gasteiger partial charge in [0.25, 0.3) is 0 Å². The standard InChI is InChI=1S/C17H21FN2O4/c1-11(21)20-8-4-3-5-13(20)10-16(22)19-15-9-12(18)6-7-14(15)17(23)24-2/h6-7,9,13H,3-5,8,10H2,1-2H3,(H,19,22)/t13-/m0/s1. The molecule has 0 unspecified atom stereocenters. The summed E-state index contributed by atoms with van der Waals surface area (Å²) in [6.45, 7) is 2.12. The lowest BCUT2D eigenvalue weighted by Crippen LogP contribution is -2.44. The van der Waals surface area contributed by atoms with E-state index in [9.17, 15) is 18.8 Å². The number of esters is 1. The number of piperidine rings is 1. The van der Waals surface area contributed by atoms with Crippen LogP contribution in [0.25, 0.3) is 0 Å². The molecule has 1 saturated heterocycles. The lowest BCUT2D eigenvalue weighted by Gasteiger charge is -2.34. The van der Waals surface area contributed by atoms with E-state index in [-0.39, 0.29) is 35.5 Å². The molecule has 130 valence electrons. The number of nitrogens with zero attached hydrogens (tertiary/aromatic N) is 1. The molecule has 1 fully saturated rings. The van der Waals surface area contributed by atoms with Gasteiger partial charge in [0, 0.05) is 25.9 Å². The Morgan fingerprint density at radius 1 is 1.33 bits per heavy atom.